The van der Waals surface area contributed by atoms with Crippen LogP contribution in [0.4, 0.5) is 9.18 Å². The number of hydrogen-bond acceptors (Lipinski definition) is 3. The fraction of sp³-hybridized carbons (Fsp3) is 0.0714. The molecule has 1 aliphatic rings. The van der Waals surface area contributed by atoms with E-state index < -0.39 is 17.8 Å². The zero-order chi connectivity index (χ0) is 24.4. The fourth-order valence-corrected chi connectivity index (χ4v) is 4.30. The van der Waals surface area contributed by atoms with Crippen LogP contribution >= 0.6 is 15.9 Å². The van der Waals surface area contributed by atoms with Gasteiger partial charge in [-0.1, -0.05) is 70.5 Å². The van der Waals surface area contributed by atoms with Gasteiger partial charge in [-0.25, -0.2) is 9.18 Å². The lowest BCUT2D eigenvalue weighted by molar-refractivity contribution is -0.123. The monoisotopic (exact) mass is 530 g/mol. The number of urea groups is 1. The van der Waals surface area contributed by atoms with Crippen molar-refractivity contribution in [3.63, 3.8) is 0 Å². The second-order valence-corrected chi connectivity index (χ2v) is 9.04. The van der Waals surface area contributed by atoms with Crippen LogP contribution in [0.15, 0.2) is 95.1 Å². The normalized spacial score (nSPS) is 14.6. The summed E-state index contributed by atoms with van der Waals surface area (Å²) in [6.07, 6.45) is 1.57. The van der Waals surface area contributed by atoms with E-state index >= 15 is 0 Å². The van der Waals surface area contributed by atoms with Crippen molar-refractivity contribution in [1.82, 2.24) is 10.2 Å². The summed E-state index contributed by atoms with van der Waals surface area (Å²) in [5, 5.41) is 4.87. The van der Waals surface area contributed by atoms with E-state index in [2.05, 4.69) is 45.5 Å². The van der Waals surface area contributed by atoms with Crippen LogP contribution in [0.2, 0.25) is 0 Å². The largest absolute Gasteiger partial charge is 0.488 e. The highest BCUT2D eigenvalue weighted by Crippen LogP contribution is 2.28. The predicted octanol–water partition coefficient (Wildman–Crippen LogP) is 6.41. The Bertz CT molecular complexity index is 1480. The van der Waals surface area contributed by atoms with Crippen LogP contribution in [0.3, 0.4) is 0 Å². The fourth-order valence-electron chi connectivity index (χ4n) is 3.92. The molecule has 0 bridgehead atoms. The van der Waals surface area contributed by atoms with Crippen molar-refractivity contribution in [3.8, 4) is 5.75 Å². The molecular weight excluding hydrogens is 511 g/mol. The molecule has 5 rings (SSSR count). The number of amides is 3. The van der Waals surface area contributed by atoms with Crippen molar-refractivity contribution in [2.24, 2.45) is 0 Å². The SMILES string of the molecule is O=C1N/C(=C/c2cc(Br)ccc2OCc2ccc3ccccc3c2)C(=O)N1Cc1ccccc1F. The van der Waals surface area contributed by atoms with Crippen LogP contribution in [0.1, 0.15) is 16.7 Å². The molecule has 1 aliphatic heterocycles. The van der Waals surface area contributed by atoms with Crippen molar-refractivity contribution in [1.29, 1.82) is 0 Å². The highest BCUT2D eigenvalue weighted by Gasteiger charge is 2.34. The number of fused-ring (bicyclic) bond motifs is 1. The Balaban J connectivity index is 1.37. The Hall–Kier alpha value is -3.97. The van der Waals surface area contributed by atoms with Gasteiger partial charge in [0.25, 0.3) is 5.91 Å². The van der Waals surface area contributed by atoms with E-state index in [0.29, 0.717) is 17.9 Å². The zero-order valence-corrected chi connectivity index (χ0v) is 20.1. The molecule has 0 unspecified atom stereocenters. The molecule has 1 fully saturated rings. The van der Waals surface area contributed by atoms with Gasteiger partial charge in [-0.15, -0.1) is 0 Å². The summed E-state index contributed by atoms with van der Waals surface area (Å²) in [6, 6.07) is 25.2. The van der Waals surface area contributed by atoms with Gasteiger partial charge in [0.15, 0.2) is 0 Å². The van der Waals surface area contributed by atoms with Crippen LogP contribution in [-0.4, -0.2) is 16.8 Å². The number of hydrogen-bond donors (Lipinski definition) is 1. The Morgan fingerprint density at radius 1 is 0.914 bits per heavy atom. The van der Waals surface area contributed by atoms with E-state index in [1.165, 1.54) is 6.07 Å². The third-order valence-electron chi connectivity index (χ3n) is 5.73. The van der Waals surface area contributed by atoms with E-state index in [1.54, 1.807) is 30.3 Å². The summed E-state index contributed by atoms with van der Waals surface area (Å²) in [4.78, 5) is 26.4. The zero-order valence-electron chi connectivity index (χ0n) is 18.5. The number of halogens is 2. The van der Waals surface area contributed by atoms with Gasteiger partial charge in [-0.05, 0) is 52.7 Å². The number of ether oxygens (including phenoxy) is 1. The molecule has 5 nitrogen and oxygen atoms in total. The first-order valence-corrected chi connectivity index (χ1v) is 11.8. The van der Waals surface area contributed by atoms with Gasteiger partial charge in [-0.2, -0.15) is 0 Å². The minimum atomic E-state index is -0.599. The first-order chi connectivity index (χ1) is 17.0. The summed E-state index contributed by atoms with van der Waals surface area (Å²) < 4.78 is 20.9. The summed E-state index contributed by atoms with van der Waals surface area (Å²) in [7, 11) is 0. The molecule has 0 aliphatic carbocycles. The molecule has 0 spiro atoms. The first kappa shape index (κ1) is 22.8. The molecule has 0 saturated carbocycles. The average Bonchev–Trinajstić information content (AvgIpc) is 3.12. The molecule has 174 valence electrons. The molecule has 1 N–H and O–H groups in total. The number of rotatable bonds is 6. The Morgan fingerprint density at radius 3 is 2.51 bits per heavy atom. The van der Waals surface area contributed by atoms with Crippen molar-refractivity contribution >= 4 is 44.7 Å². The lowest BCUT2D eigenvalue weighted by Crippen LogP contribution is -2.30. The highest BCUT2D eigenvalue weighted by atomic mass is 79.9. The van der Waals surface area contributed by atoms with Gasteiger partial charge in [0, 0.05) is 15.6 Å². The first-order valence-electron chi connectivity index (χ1n) is 11.0. The van der Waals surface area contributed by atoms with Crippen LogP contribution in [0, 0.1) is 5.82 Å². The smallest absolute Gasteiger partial charge is 0.329 e. The van der Waals surface area contributed by atoms with Crippen LogP contribution in [-0.2, 0) is 17.9 Å². The lowest BCUT2D eigenvalue weighted by atomic mass is 10.1. The predicted molar refractivity (Wildman–Crippen MR) is 136 cm³/mol. The topological polar surface area (TPSA) is 58.6 Å². The van der Waals surface area contributed by atoms with Crippen molar-refractivity contribution in [2.75, 3.05) is 0 Å². The maximum Gasteiger partial charge on any atom is 0.329 e. The third kappa shape index (κ3) is 4.95. The molecule has 1 saturated heterocycles. The van der Waals surface area contributed by atoms with Gasteiger partial charge >= 0.3 is 6.03 Å². The average molecular weight is 531 g/mol. The molecule has 1 heterocycles. The van der Waals surface area contributed by atoms with Gasteiger partial charge in [-0.3, -0.25) is 9.69 Å². The Kier molecular flexibility index (Phi) is 6.33. The molecular formula is C28H20BrFN2O3. The summed E-state index contributed by atoms with van der Waals surface area (Å²) >= 11 is 3.45. The maximum absolute atomic E-state index is 14.0. The van der Waals surface area contributed by atoms with Crippen LogP contribution in [0.5, 0.6) is 5.75 Å². The highest BCUT2D eigenvalue weighted by molar-refractivity contribution is 9.10. The van der Waals surface area contributed by atoms with Gasteiger partial charge in [0.2, 0.25) is 0 Å². The number of imide groups is 1. The summed E-state index contributed by atoms with van der Waals surface area (Å²) in [5.41, 5.74) is 1.99. The molecule has 0 atom stereocenters. The number of benzene rings is 4. The van der Waals surface area contributed by atoms with Gasteiger partial charge in [0.1, 0.15) is 23.9 Å². The Labute approximate surface area is 210 Å². The molecule has 4 aromatic carbocycles. The molecule has 7 heteroatoms. The third-order valence-corrected chi connectivity index (χ3v) is 6.22. The second kappa shape index (κ2) is 9.72. The van der Waals surface area contributed by atoms with Gasteiger partial charge < -0.3 is 10.1 Å². The lowest BCUT2D eigenvalue weighted by Gasteiger charge is -2.12. The maximum atomic E-state index is 14.0. The van der Waals surface area contributed by atoms with E-state index in [4.69, 9.17) is 4.74 Å². The van der Waals surface area contributed by atoms with Gasteiger partial charge in [0.05, 0.1) is 6.54 Å². The van der Waals surface area contributed by atoms with E-state index in [-0.39, 0.29) is 17.8 Å². The van der Waals surface area contributed by atoms with Crippen molar-refractivity contribution < 1.29 is 18.7 Å². The second-order valence-electron chi connectivity index (χ2n) is 8.12. The standard InChI is InChI=1S/C28H20BrFN2O3/c29-23-11-12-26(35-17-18-9-10-19-5-1-2-6-20(19)13-18)22(14-23)15-25-27(33)32(28(34)31-25)16-21-7-3-4-8-24(21)30/h1-15H,16-17H2,(H,31,34)/b25-15+. The minimum Gasteiger partial charge on any atom is -0.488 e. The summed E-state index contributed by atoms with van der Waals surface area (Å²) in [5.74, 6) is -0.441. The summed E-state index contributed by atoms with van der Waals surface area (Å²) in [6.45, 7) is 0.181. The number of nitrogens with zero attached hydrogens (tertiary/aromatic N) is 1. The number of nitrogens with one attached hydrogen (secondary N) is 1. The molecule has 0 aromatic heterocycles. The van der Waals surface area contributed by atoms with E-state index in [0.717, 1.165) is 25.7 Å². The van der Waals surface area contributed by atoms with E-state index in [1.807, 2.05) is 30.3 Å². The van der Waals surface area contributed by atoms with Crippen molar-refractivity contribution in [2.45, 2.75) is 13.2 Å². The number of carbonyl (C=O) groups is 2. The van der Waals surface area contributed by atoms with Crippen LogP contribution in [0.25, 0.3) is 16.8 Å². The van der Waals surface area contributed by atoms with E-state index in [9.17, 15) is 14.0 Å². The Morgan fingerprint density at radius 2 is 1.69 bits per heavy atom. The molecule has 3 amide bonds. The minimum absolute atomic E-state index is 0.0972. The van der Waals surface area contributed by atoms with Crippen LogP contribution < -0.4 is 10.1 Å². The number of carbonyl (C=O) groups excluding carboxylic acids is 2. The molecule has 4 aromatic rings. The molecule has 0 radical (unpaired) electrons. The van der Waals surface area contributed by atoms with Crippen molar-refractivity contribution in [3.05, 3.63) is 118 Å². The quantitative estimate of drug-likeness (QED) is 0.231. The molecule has 35 heavy (non-hydrogen) atoms.